The number of guanidine groups is 1. The molecule has 32 heavy (non-hydrogen) atoms. The first-order chi connectivity index (χ1) is 15.1. The Bertz CT molecular complexity index is 852. The molecule has 0 aliphatic carbocycles. The first-order valence-electron chi connectivity index (χ1n) is 11.0. The largest absolute Gasteiger partial charge is 0.497 e. The number of para-hydroxylation sites is 1. The number of ether oxygens (including phenoxy) is 3. The lowest BCUT2D eigenvalue weighted by atomic mass is 9.74. The standard InChI is InChI=1S/C25H35N3O3.HI/c1-5-26-24(28(2)18-20-8-6-7-9-23(20)30-4)27-19-25(14-16-31-17-15-25)21-10-12-22(29-3)13-11-21;/h6-13H,5,14-19H2,1-4H3,(H,26,27);1H. The van der Waals surface area contributed by atoms with Gasteiger partial charge in [-0.15, -0.1) is 24.0 Å². The number of hydrogen-bond acceptors (Lipinski definition) is 4. The van der Waals surface area contributed by atoms with E-state index in [1.807, 2.05) is 30.3 Å². The van der Waals surface area contributed by atoms with Crippen molar-refractivity contribution in [1.29, 1.82) is 0 Å². The van der Waals surface area contributed by atoms with E-state index in [1.165, 1.54) is 5.56 Å². The van der Waals surface area contributed by atoms with E-state index < -0.39 is 0 Å². The molecule has 0 radical (unpaired) electrons. The summed E-state index contributed by atoms with van der Waals surface area (Å²) in [5.41, 5.74) is 2.40. The van der Waals surface area contributed by atoms with E-state index in [2.05, 4.69) is 42.4 Å². The van der Waals surface area contributed by atoms with E-state index in [0.717, 1.165) is 55.6 Å². The number of aliphatic imine (C=N–C) groups is 1. The third kappa shape index (κ3) is 6.51. The van der Waals surface area contributed by atoms with E-state index in [1.54, 1.807) is 14.2 Å². The SMILES string of the molecule is CCNC(=NCC1(c2ccc(OC)cc2)CCOCC1)N(C)Cc1ccccc1OC.I. The van der Waals surface area contributed by atoms with E-state index in [4.69, 9.17) is 19.2 Å². The summed E-state index contributed by atoms with van der Waals surface area (Å²) in [5.74, 6) is 2.66. The molecule has 1 aliphatic rings. The molecule has 1 aliphatic heterocycles. The van der Waals surface area contributed by atoms with Gasteiger partial charge in [0.25, 0.3) is 0 Å². The Balaban J connectivity index is 0.00000363. The smallest absolute Gasteiger partial charge is 0.193 e. The Morgan fingerprint density at radius 2 is 1.75 bits per heavy atom. The summed E-state index contributed by atoms with van der Waals surface area (Å²) in [4.78, 5) is 7.24. The maximum Gasteiger partial charge on any atom is 0.193 e. The number of methoxy groups -OCH3 is 2. The number of nitrogens with one attached hydrogen (secondary N) is 1. The van der Waals surface area contributed by atoms with Gasteiger partial charge in [0.1, 0.15) is 11.5 Å². The summed E-state index contributed by atoms with van der Waals surface area (Å²) >= 11 is 0. The zero-order valence-electron chi connectivity index (χ0n) is 19.6. The van der Waals surface area contributed by atoms with Crippen LogP contribution in [0.1, 0.15) is 30.9 Å². The molecule has 1 saturated heterocycles. The van der Waals surface area contributed by atoms with Gasteiger partial charge in [-0.3, -0.25) is 4.99 Å². The quantitative estimate of drug-likeness (QED) is 0.297. The van der Waals surface area contributed by atoms with Gasteiger partial charge in [0.05, 0.1) is 20.8 Å². The monoisotopic (exact) mass is 553 g/mol. The fraction of sp³-hybridized carbons (Fsp3) is 0.480. The second-order valence-electron chi connectivity index (χ2n) is 7.96. The Hall–Kier alpha value is -2.00. The topological polar surface area (TPSA) is 55.3 Å². The molecule has 176 valence electrons. The van der Waals surface area contributed by atoms with Gasteiger partial charge in [0.2, 0.25) is 0 Å². The number of benzene rings is 2. The Morgan fingerprint density at radius 1 is 1.06 bits per heavy atom. The lowest BCUT2D eigenvalue weighted by Gasteiger charge is -2.37. The highest BCUT2D eigenvalue weighted by molar-refractivity contribution is 14.0. The van der Waals surface area contributed by atoms with Crippen LogP contribution in [0.2, 0.25) is 0 Å². The molecule has 0 saturated carbocycles. The highest BCUT2D eigenvalue weighted by atomic mass is 127. The van der Waals surface area contributed by atoms with E-state index in [0.29, 0.717) is 13.1 Å². The third-order valence-corrected chi connectivity index (χ3v) is 5.98. The van der Waals surface area contributed by atoms with Crippen LogP contribution in [-0.4, -0.2) is 58.4 Å². The van der Waals surface area contributed by atoms with Gasteiger partial charge in [0.15, 0.2) is 5.96 Å². The summed E-state index contributed by atoms with van der Waals surface area (Å²) < 4.78 is 16.6. The summed E-state index contributed by atoms with van der Waals surface area (Å²) in [7, 11) is 5.48. The first-order valence-corrected chi connectivity index (χ1v) is 11.0. The van der Waals surface area contributed by atoms with E-state index >= 15 is 0 Å². The van der Waals surface area contributed by atoms with Crippen LogP contribution >= 0.6 is 24.0 Å². The zero-order valence-corrected chi connectivity index (χ0v) is 21.9. The average Bonchev–Trinajstić information content (AvgIpc) is 2.82. The van der Waals surface area contributed by atoms with Crippen molar-refractivity contribution in [3.8, 4) is 11.5 Å². The van der Waals surface area contributed by atoms with Gasteiger partial charge in [-0.25, -0.2) is 0 Å². The van der Waals surface area contributed by atoms with Crippen molar-refractivity contribution in [2.75, 3.05) is 47.6 Å². The molecule has 0 amide bonds. The van der Waals surface area contributed by atoms with Gasteiger partial charge >= 0.3 is 0 Å². The van der Waals surface area contributed by atoms with E-state index in [9.17, 15) is 0 Å². The molecule has 7 heteroatoms. The molecule has 2 aromatic carbocycles. The van der Waals surface area contributed by atoms with Gasteiger partial charge < -0.3 is 24.4 Å². The average molecular weight is 553 g/mol. The van der Waals surface area contributed by atoms with Gasteiger partial charge in [-0.05, 0) is 43.5 Å². The van der Waals surface area contributed by atoms with Crippen LogP contribution in [0.25, 0.3) is 0 Å². The highest BCUT2D eigenvalue weighted by Crippen LogP contribution is 2.36. The lowest BCUT2D eigenvalue weighted by molar-refractivity contribution is 0.0530. The first kappa shape index (κ1) is 26.3. The van der Waals surface area contributed by atoms with Crippen LogP contribution in [-0.2, 0) is 16.7 Å². The maximum atomic E-state index is 5.68. The van der Waals surface area contributed by atoms with Crippen molar-refractivity contribution in [2.24, 2.45) is 4.99 Å². The van der Waals surface area contributed by atoms with Crippen molar-refractivity contribution in [3.63, 3.8) is 0 Å². The Kier molecular flexibility index (Phi) is 10.6. The van der Waals surface area contributed by atoms with Crippen molar-refractivity contribution in [1.82, 2.24) is 10.2 Å². The van der Waals surface area contributed by atoms with Crippen molar-refractivity contribution in [3.05, 3.63) is 59.7 Å². The number of halogens is 1. The van der Waals surface area contributed by atoms with Crippen LogP contribution < -0.4 is 14.8 Å². The van der Waals surface area contributed by atoms with E-state index in [-0.39, 0.29) is 29.4 Å². The van der Waals surface area contributed by atoms with Crippen LogP contribution in [0.3, 0.4) is 0 Å². The maximum absolute atomic E-state index is 5.68. The van der Waals surface area contributed by atoms with Crippen LogP contribution in [0.15, 0.2) is 53.5 Å². The summed E-state index contributed by atoms with van der Waals surface area (Å²) in [6.45, 7) is 5.86. The summed E-state index contributed by atoms with van der Waals surface area (Å²) in [6.07, 6.45) is 1.91. The Morgan fingerprint density at radius 3 is 2.38 bits per heavy atom. The molecule has 0 bridgehead atoms. The lowest BCUT2D eigenvalue weighted by Crippen LogP contribution is -2.41. The van der Waals surface area contributed by atoms with Gasteiger partial charge in [-0.2, -0.15) is 0 Å². The highest BCUT2D eigenvalue weighted by Gasteiger charge is 2.34. The zero-order chi connectivity index (χ0) is 22.1. The Labute approximate surface area is 209 Å². The molecule has 6 nitrogen and oxygen atoms in total. The predicted molar refractivity (Wildman–Crippen MR) is 141 cm³/mol. The molecule has 0 spiro atoms. The summed E-state index contributed by atoms with van der Waals surface area (Å²) in [5, 5.41) is 3.45. The minimum Gasteiger partial charge on any atom is -0.497 e. The second-order valence-corrected chi connectivity index (χ2v) is 7.96. The minimum absolute atomic E-state index is 0. The minimum atomic E-state index is -0.0313. The fourth-order valence-electron chi connectivity index (χ4n) is 4.10. The van der Waals surface area contributed by atoms with Crippen LogP contribution in [0.4, 0.5) is 0 Å². The molecule has 2 aromatic rings. The van der Waals surface area contributed by atoms with Gasteiger partial charge in [-0.1, -0.05) is 30.3 Å². The molecule has 1 N–H and O–H groups in total. The van der Waals surface area contributed by atoms with Crippen LogP contribution in [0.5, 0.6) is 11.5 Å². The number of nitrogens with zero attached hydrogens (tertiary/aromatic N) is 2. The van der Waals surface area contributed by atoms with Crippen molar-refractivity contribution in [2.45, 2.75) is 31.7 Å². The normalized spacial score (nSPS) is 15.4. The number of hydrogen-bond donors (Lipinski definition) is 1. The predicted octanol–water partition coefficient (Wildman–Crippen LogP) is 4.47. The van der Waals surface area contributed by atoms with Crippen LogP contribution in [0, 0.1) is 0 Å². The number of rotatable bonds is 8. The summed E-state index contributed by atoms with van der Waals surface area (Å²) in [6, 6.07) is 16.5. The molecule has 3 rings (SSSR count). The van der Waals surface area contributed by atoms with Gasteiger partial charge in [0, 0.05) is 44.3 Å². The molecule has 0 aromatic heterocycles. The molecule has 1 heterocycles. The fourth-order valence-corrected chi connectivity index (χ4v) is 4.10. The second kappa shape index (κ2) is 12.9. The van der Waals surface area contributed by atoms with Crippen molar-refractivity contribution >= 4 is 29.9 Å². The van der Waals surface area contributed by atoms with Crippen molar-refractivity contribution < 1.29 is 14.2 Å². The molecule has 0 atom stereocenters. The molecular weight excluding hydrogens is 517 g/mol. The third-order valence-electron chi connectivity index (χ3n) is 5.98. The molecule has 1 fully saturated rings. The molecule has 0 unspecified atom stereocenters. The molecular formula is C25H36IN3O3.